The second-order valence-corrected chi connectivity index (χ2v) is 0. The van der Waals surface area contributed by atoms with Gasteiger partial charge in [0.1, 0.15) is 0 Å². The molecule has 0 aliphatic rings. The number of rotatable bonds is 0. The maximum absolute atomic E-state index is 3.67. The molecule has 73 valence electrons. The van der Waals surface area contributed by atoms with Crippen molar-refractivity contribution in [3.63, 3.8) is 0 Å². The van der Waals surface area contributed by atoms with Gasteiger partial charge in [0, 0.05) is 38.1 Å². The van der Waals surface area contributed by atoms with E-state index >= 15 is 0 Å². The molecule has 7 heteroatoms. The Kier molecular flexibility index (Phi) is 1140. The van der Waals surface area contributed by atoms with Crippen LogP contribution in [0.5, 0.6) is 0 Å². The summed E-state index contributed by atoms with van der Waals surface area (Å²) in [5.41, 5.74) is 0. The van der Waals surface area contributed by atoms with Crippen LogP contribution in [-0.2, 0) is 106 Å². The van der Waals surface area contributed by atoms with E-state index in [0.717, 1.165) is 0 Å². The molecule has 0 rings (SSSR count). The van der Waals surface area contributed by atoms with E-state index in [4.69, 9.17) is 0 Å². The molecular weight excluding hydrogens is 375 g/mol. The standard InChI is InChI=1S/2CH3.2Cu.Mo.S2.2H2S/c;;;;;1-2;;/h2*1H3;;;;;2*1H2/q2*-1;;+1;;-2;;/p-2. The quantitative estimate of drug-likeness (QED) is 0.195. The van der Waals surface area contributed by atoms with Gasteiger partial charge in [0.25, 0.3) is 0 Å². The third-order valence-electron chi connectivity index (χ3n) is 0. The van der Waals surface area contributed by atoms with Gasteiger partial charge in [0.15, 0.2) is 0 Å². The molecule has 0 N–H and O–H groups in total. The Morgan fingerprint density at radius 2 is 0.778 bits per heavy atom. The largest absolute Gasteiger partial charge is 1.00 e. The van der Waals surface area contributed by atoms with E-state index in [1.807, 2.05) is 0 Å². The van der Waals surface area contributed by atoms with E-state index in [2.05, 4.69) is 23.3 Å². The Morgan fingerprint density at radius 3 is 0.778 bits per heavy atom. The molecule has 0 aliphatic carbocycles. The Morgan fingerprint density at radius 1 is 0.778 bits per heavy atom. The van der Waals surface area contributed by atoms with E-state index in [1.54, 1.807) is 0 Å². The zero-order valence-corrected chi connectivity index (χ0v) is 12.0. The van der Waals surface area contributed by atoms with E-state index in [0.29, 0.717) is 0 Å². The first-order chi connectivity index (χ1) is 1.00. The van der Waals surface area contributed by atoms with Gasteiger partial charge in [-0.1, -0.05) is 0 Å². The Hall–Kier alpha value is 3.13. The van der Waals surface area contributed by atoms with Crippen LogP contribution in [0.2, 0.25) is 0 Å². The fourth-order valence-electron chi connectivity index (χ4n) is 0. The van der Waals surface area contributed by atoms with Gasteiger partial charge >= 0.3 is 17.1 Å². The number of hydrogen-bond acceptors (Lipinski definition) is 4. The van der Waals surface area contributed by atoms with Crippen LogP contribution < -0.4 is 0 Å². The Labute approximate surface area is 119 Å². The predicted molar refractivity (Wildman–Crippen MR) is 45.1 cm³/mol. The smallest absolute Gasteiger partial charge is 1.00 e. The number of thiol groups is 2. The van der Waals surface area contributed by atoms with Crippen LogP contribution in [0.25, 0.3) is 0 Å². The zero-order valence-electron chi connectivity index (χ0n) is 4.72. The van der Waals surface area contributed by atoms with Gasteiger partial charge < -0.3 is 65.2 Å². The summed E-state index contributed by atoms with van der Waals surface area (Å²) < 4.78 is 0. The molecule has 0 aromatic heterocycles. The first-order valence-electron chi connectivity index (χ1n) is 0.167. The van der Waals surface area contributed by atoms with Crippen molar-refractivity contribution in [3.05, 3.63) is 14.9 Å². The molecule has 0 atom stereocenters. The summed E-state index contributed by atoms with van der Waals surface area (Å²) in [4.78, 5) is 0. The molecule has 0 nitrogen and oxygen atoms in total. The minimum Gasteiger partial charge on any atom is -1.00 e. The summed E-state index contributed by atoms with van der Waals surface area (Å²) in [5.74, 6) is 0. The Balaban J connectivity index is -0.000000000238. The molecular formula is C2H8Cu2MoS4-5. The van der Waals surface area contributed by atoms with Gasteiger partial charge in [0.05, 0.1) is 0 Å². The first-order valence-corrected chi connectivity index (χ1v) is 1.50. The second kappa shape index (κ2) is 117. The average molecular weight is 383 g/mol. The van der Waals surface area contributed by atoms with Crippen molar-refractivity contribution in [1.82, 2.24) is 0 Å². The maximum atomic E-state index is 3.67. The molecule has 0 spiro atoms. The molecule has 1 radical (unpaired) electrons. The second-order valence-electron chi connectivity index (χ2n) is 0. The molecule has 9 heavy (non-hydrogen) atoms. The summed E-state index contributed by atoms with van der Waals surface area (Å²) in [5, 5.41) is 0. The normalized spacial score (nSPS) is 0.667. The van der Waals surface area contributed by atoms with Crippen molar-refractivity contribution >= 4 is 50.3 Å². The fraction of sp³-hybridized carbons (Fsp3) is 0. The summed E-state index contributed by atoms with van der Waals surface area (Å²) >= 11 is 7.33. The van der Waals surface area contributed by atoms with Crippen LogP contribution in [-0.4, -0.2) is 0 Å². The van der Waals surface area contributed by atoms with E-state index in [9.17, 15) is 0 Å². The minimum absolute atomic E-state index is 0. The predicted octanol–water partition coefficient (Wildman–Crippen LogP) is 0.348. The first kappa shape index (κ1) is 88.1. The summed E-state index contributed by atoms with van der Waals surface area (Å²) in [6.07, 6.45) is 0. The van der Waals surface area contributed by atoms with Crippen LogP contribution in [0, 0.1) is 14.9 Å². The summed E-state index contributed by atoms with van der Waals surface area (Å²) in [7, 11) is 0. The topological polar surface area (TPSA) is 0 Å². The zero-order chi connectivity index (χ0) is 2.00. The molecule has 0 aliphatic heterocycles. The van der Waals surface area contributed by atoms with Gasteiger partial charge in [0.2, 0.25) is 0 Å². The van der Waals surface area contributed by atoms with Gasteiger partial charge in [-0.2, -0.15) is 0 Å². The van der Waals surface area contributed by atoms with Crippen molar-refractivity contribution in [2.75, 3.05) is 0 Å². The van der Waals surface area contributed by atoms with Crippen molar-refractivity contribution in [2.24, 2.45) is 0 Å². The molecule has 0 saturated heterocycles. The molecule has 0 saturated carbocycles. The summed E-state index contributed by atoms with van der Waals surface area (Å²) in [6, 6.07) is 0. The van der Waals surface area contributed by atoms with Crippen LogP contribution in [0.3, 0.4) is 0 Å². The number of hydrogen-bond donors (Lipinski definition) is 0. The molecule has 0 amide bonds. The summed E-state index contributed by atoms with van der Waals surface area (Å²) in [6.45, 7) is 0. The monoisotopic (exact) mass is 384 g/mol. The Bertz CT molecular complexity index is 16.5. The van der Waals surface area contributed by atoms with Gasteiger partial charge in [-0.25, -0.2) is 0 Å². The van der Waals surface area contributed by atoms with Gasteiger partial charge in [-0.3, -0.25) is 0 Å². The molecule has 0 bridgehead atoms. The third kappa shape index (κ3) is 94.8. The van der Waals surface area contributed by atoms with Crippen LogP contribution in [0.4, 0.5) is 0 Å². The van der Waals surface area contributed by atoms with Crippen LogP contribution >= 0.6 is 0 Å². The van der Waals surface area contributed by atoms with E-state index in [1.165, 1.54) is 0 Å². The van der Waals surface area contributed by atoms with Gasteiger partial charge in [-0.05, 0) is 0 Å². The molecule has 0 fully saturated rings. The SMILES string of the molecule is [CH3-].[CH3-].[Cu+].[Cu].[Mo].[S-][S-].[SH-].[SH-]. The minimum atomic E-state index is 0. The molecule has 0 unspecified atom stereocenters. The van der Waals surface area contributed by atoms with Crippen LogP contribution in [0.15, 0.2) is 0 Å². The van der Waals surface area contributed by atoms with E-state index < -0.39 is 0 Å². The maximum Gasteiger partial charge on any atom is 1.00 e. The van der Waals surface area contributed by atoms with Crippen molar-refractivity contribution in [2.45, 2.75) is 0 Å². The van der Waals surface area contributed by atoms with Crippen molar-refractivity contribution in [3.8, 4) is 0 Å². The average Bonchev–Trinajstić information content (AvgIpc) is 1.00. The fourth-order valence-corrected chi connectivity index (χ4v) is 0. The molecule has 0 aromatic rings. The molecule has 0 heterocycles. The molecule has 0 aromatic carbocycles. The van der Waals surface area contributed by atoms with Crippen LogP contribution in [0.1, 0.15) is 0 Å². The van der Waals surface area contributed by atoms with Gasteiger partial charge in [-0.15, -0.1) is 0 Å². The third-order valence-corrected chi connectivity index (χ3v) is 0. The van der Waals surface area contributed by atoms with Crippen molar-refractivity contribution < 1.29 is 55.2 Å². The van der Waals surface area contributed by atoms with Crippen molar-refractivity contribution in [1.29, 1.82) is 0 Å². The van der Waals surface area contributed by atoms with E-state index in [-0.39, 0.29) is 97.0 Å².